The van der Waals surface area contributed by atoms with Crippen molar-refractivity contribution >= 4 is 28.9 Å². The van der Waals surface area contributed by atoms with E-state index in [4.69, 9.17) is 4.98 Å². The van der Waals surface area contributed by atoms with Gasteiger partial charge in [-0.3, -0.25) is 9.67 Å². The third kappa shape index (κ3) is 2.45. The number of rotatable bonds is 3. The number of aryl methyl sites for hydroxylation is 3. The van der Waals surface area contributed by atoms with Gasteiger partial charge in [0.05, 0.1) is 39.6 Å². The molecule has 4 aromatic heterocycles. The summed E-state index contributed by atoms with van der Waals surface area (Å²) < 4.78 is 3.80. The smallest absolute Gasteiger partial charge is 0.167 e. The highest BCUT2D eigenvalue weighted by atomic mass is 32.1. The lowest BCUT2D eigenvalue weighted by Crippen LogP contribution is -1.96. The molecule has 7 nitrogen and oxygen atoms in total. The van der Waals surface area contributed by atoms with Crippen LogP contribution in [0.15, 0.2) is 34.4 Å². The number of hydrogen-bond acceptors (Lipinski definition) is 6. The van der Waals surface area contributed by atoms with Crippen molar-refractivity contribution in [3.8, 4) is 21.8 Å². The van der Waals surface area contributed by atoms with Crippen molar-refractivity contribution in [3.63, 3.8) is 0 Å². The minimum Gasteiger partial charge on any atom is -0.272 e. The SMILES string of the molecule is Cc1nn(C)c(C)c1-c1nc(-c2c(C)nn3ccccc23)sc1C1=NCC=N1. The zero-order valence-electron chi connectivity index (χ0n) is 16.1. The van der Waals surface area contributed by atoms with E-state index in [9.17, 15) is 0 Å². The van der Waals surface area contributed by atoms with Crippen LogP contribution in [0, 0.1) is 20.8 Å². The van der Waals surface area contributed by atoms with Crippen molar-refractivity contribution in [3.05, 3.63) is 46.4 Å². The molecular weight excluding hydrogens is 370 g/mol. The van der Waals surface area contributed by atoms with Crippen LogP contribution in [0.25, 0.3) is 27.3 Å². The van der Waals surface area contributed by atoms with Gasteiger partial charge in [-0.05, 0) is 32.9 Å². The average Bonchev–Trinajstić information content (AvgIpc) is 3.41. The van der Waals surface area contributed by atoms with Crippen LogP contribution in [0.3, 0.4) is 0 Å². The Hall–Kier alpha value is -3.13. The summed E-state index contributed by atoms with van der Waals surface area (Å²) in [7, 11) is 1.96. The van der Waals surface area contributed by atoms with Crippen molar-refractivity contribution < 1.29 is 0 Å². The van der Waals surface area contributed by atoms with Crippen LogP contribution in [-0.2, 0) is 7.05 Å². The van der Waals surface area contributed by atoms with Crippen molar-refractivity contribution in [2.45, 2.75) is 20.8 Å². The lowest BCUT2D eigenvalue weighted by atomic mass is 10.1. The first kappa shape index (κ1) is 17.0. The van der Waals surface area contributed by atoms with E-state index in [0.29, 0.717) is 6.54 Å². The Morgan fingerprint density at radius 1 is 1.04 bits per heavy atom. The molecule has 1 aliphatic rings. The molecule has 0 N–H and O–H groups in total. The van der Waals surface area contributed by atoms with Crippen molar-refractivity contribution in [1.82, 2.24) is 24.4 Å². The van der Waals surface area contributed by atoms with Crippen molar-refractivity contribution in [2.24, 2.45) is 17.0 Å². The number of pyridine rings is 1. The first-order valence-corrected chi connectivity index (χ1v) is 9.89. The standard InChI is InChI=1S/C20H19N7S/c1-11-15(13(3)26(4)24-11)17-18(19-21-8-9-22-19)28-20(23-17)16-12(2)25-27-10-6-5-7-14(16)27/h5-8,10H,9H2,1-4H3. The molecule has 0 aromatic carbocycles. The molecule has 0 saturated heterocycles. The maximum absolute atomic E-state index is 5.07. The molecule has 0 unspecified atom stereocenters. The summed E-state index contributed by atoms with van der Waals surface area (Å²) in [4.78, 5) is 15.1. The first-order valence-electron chi connectivity index (χ1n) is 9.07. The van der Waals surface area contributed by atoms with Crippen LogP contribution < -0.4 is 0 Å². The molecule has 5 rings (SSSR count). The van der Waals surface area contributed by atoms with Gasteiger partial charge in [-0.25, -0.2) is 14.5 Å². The maximum atomic E-state index is 5.07. The summed E-state index contributed by atoms with van der Waals surface area (Å²) in [6.07, 6.45) is 3.80. The highest BCUT2D eigenvalue weighted by Gasteiger charge is 2.26. The molecule has 5 heterocycles. The quantitative estimate of drug-likeness (QED) is 0.537. The van der Waals surface area contributed by atoms with E-state index >= 15 is 0 Å². The normalized spacial score (nSPS) is 13.6. The van der Waals surface area contributed by atoms with Gasteiger partial charge in [0.15, 0.2) is 5.84 Å². The molecule has 4 aromatic rings. The van der Waals surface area contributed by atoms with E-state index < -0.39 is 0 Å². The lowest BCUT2D eigenvalue weighted by molar-refractivity contribution is 0.731. The molecule has 0 fully saturated rings. The molecule has 0 radical (unpaired) electrons. The molecule has 0 saturated carbocycles. The Labute approximate surface area is 166 Å². The van der Waals surface area contributed by atoms with Crippen LogP contribution in [-0.4, -0.2) is 43.0 Å². The second kappa shape index (κ2) is 6.20. The minimum absolute atomic E-state index is 0.614. The average molecular weight is 389 g/mol. The number of thiazole rings is 1. The molecule has 0 amide bonds. The number of aliphatic imine (C=N–C) groups is 2. The number of aromatic nitrogens is 5. The van der Waals surface area contributed by atoms with Crippen LogP contribution in [0.4, 0.5) is 0 Å². The summed E-state index contributed by atoms with van der Waals surface area (Å²) >= 11 is 1.62. The van der Waals surface area contributed by atoms with Gasteiger partial charge in [0.2, 0.25) is 0 Å². The molecule has 1 aliphatic heterocycles. The van der Waals surface area contributed by atoms with Crippen molar-refractivity contribution in [2.75, 3.05) is 6.54 Å². The second-order valence-corrected chi connectivity index (χ2v) is 7.83. The largest absolute Gasteiger partial charge is 0.272 e. The Bertz CT molecular complexity index is 1290. The molecular formula is C20H19N7S. The molecule has 0 bridgehead atoms. The number of amidine groups is 1. The van der Waals surface area contributed by atoms with E-state index in [2.05, 4.69) is 33.2 Å². The van der Waals surface area contributed by atoms with Crippen LogP contribution >= 0.6 is 11.3 Å². The summed E-state index contributed by atoms with van der Waals surface area (Å²) in [6.45, 7) is 6.72. The number of fused-ring (bicyclic) bond motifs is 1. The highest BCUT2D eigenvalue weighted by Crippen LogP contribution is 2.39. The molecule has 0 aliphatic carbocycles. The van der Waals surface area contributed by atoms with Gasteiger partial charge in [-0.1, -0.05) is 6.07 Å². The van der Waals surface area contributed by atoms with Crippen LogP contribution in [0.1, 0.15) is 22.0 Å². The third-order valence-corrected chi connectivity index (χ3v) is 6.11. The zero-order valence-corrected chi connectivity index (χ0v) is 16.9. The highest BCUT2D eigenvalue weighted by molar-refractivity contribution is 7.17. The van der Waals surface area contributed by atoms with E-state index in [-0.39, 0.29) is 0 Å². The van der Waals surface area contributed by atoms with E-state index in [0.717, 1.165) is 55.1 Å². The molecule has 0 atom stereocenters. The fraction of sp³-hybridized carbons (Fsp3) is 0.250. The van der Waals surface area contributed by atoms with Gasteiger partial charge in [0.1, 0.15) is 5.01 Å². The summed E-state index contributed by atoms with van der Waals surface area (Å²) in [6, 6.07) is 6.07. The predicted molar refractivity (Wildman–Crippen MR) is 113 cm³/mol. The predicted octanol–water partition coefficient (Wildman–Crippen LogP) is 3.61. The van der Waals surface area contributed by atoms with Crippen LogP contribution in [0.5, 0.6) is 0 Å². The fourth-order valence-corrected chi connectivity index (χ4v) is 4.81. The van der Waals surface area contributed by atoms with Crippen molar-refractivity contribution in [1.29, 1.82) is 0 Å². The van der Waals surface area contributed by atoms with E-state index in [1.165, 1.54) is 0 Å². The number of hydrogen-bond donors (Lipinski definition) is 0. The fourth-order valence-electron chi connectivity index (χ4n) is 3.67. The van der Waals surface area contributed by atoms with Gasteiger partial charge in [0.25, 0.3) is 0 Å². The molecule has 140 valence electrons. The summed E-state index contributed by atoms with van der Waals surface area (Å²) in [5.41, 5.74) is 7.04. The van der Waals surface area contributed by atoms with Crippen LogP contribution in [0.2, 0.25) is 0 Å². The van der Waals surface area contributed by atoms with Gasteiger partial charge in [-0.2, -0.15) is 10.2 Å². The summed E-state index contributed by atoms with van der Waals surface area (Å²) in [5.74, 6) is 0.746. The minimum atomic E-state index is 0.614. The zero-order chi connectivity index (χ0) is 19.4. The Balaban J connectivity index is 1.80. The molecule has 8 heteroatoms. The summed E-state index contributed by atoms with van der Waals surface area (Å²) in [5, 5.41) is 10.2. The second-order valence-electron chi connectivity index (χ2n) is 6.83. The molecule has 28 heavy (non-hydrogen) atoms. The van der Waals surface area contributed by atoms with E-state index in [1.54, 1.807) is 11.3 Å². The third-order valence-electron chi connectivity index (χ3n) is 5.04. The lowest BCUT2D eigenvalue weighted by Gasteiger charge is -2.01. The Morgan fingerprint density at radius 3 is 2.57 bits per heavy atom. The number of nitrogens with zero attached hydrogens (tertiary/aromatic N) is 7. The van der Waals surface area contributed by atoms with Gasteiger partial charge < -0.3 is 0 Å². The first-order chi connectivity index (χ1) is 13.5. The van der Waals surface area contributed by atoms with E-state index in [1.807, 2.05) is 54.6 Å². The maximum Gasteiger partial charge on any atom is 0.167 e. The molecule has 0 spiro atoms. The Morgan fingerprint density at radius 2 is 1.86 bits per heavy atom. The Kier molecular flexibility index (Phi) is 3.77. The topological polar surface area (TPSA) is 72.7 Å². The van der Waals surface area contributed by atoms with Gasteiger partial charge in [-0.15, -0.1) is 11.3 Å². The van der Waals surface area contributed by atoms with Gasteiger partial charge in [0, 0.05) is 30.7 Å². The van der Waals surface area contributed by atoms with Gasteiger partial charge >= 0.3 is 0 Å². The monoisotopic (exact) mass is 389 g/mol.